The van der Waals surface area contributed by atoms with Gasteiger partial charge in [-0.2, -0.15) is 0 Å². The summed E-state index contributed by atoms with van der Waals surface area (Å²) in [4.78, 5) is 30.6. The summed E-state index contributed by atoms with van der Waals surface area (Å²) in [5.74, 6) is 0.0861. The second-order valence-electron chi connectivity index (χ2n) is 4.15. The smallest absolute Gasteiger partial charge is 0.313 e. The zero-order valence-electron chi connectivity index (χ0n) is 11.3. The molecule has 0 aliphatic carbocycles. The molecule has 2 aromatic rings. The zero-order valence-corrected chi connectivity index (χ0v) is 12.1. The highest BCUT2D eigenvalue weighted by Gasteiger charge is 2.11. The summed E-state index contributed by atoms with van der Waals surface area (Å²) in [6.07, 6.45) is 5.04. The Kier molecular flexibility index (Phi) is 4.94. The van der Waals surface area contributed by atoms with Gasteiger partial charge >= 0.3 is 5.97 Å². The van der Waals surface area contributed by atoms with Gasteiger partial charge in [-0.25, -0.2) is 9.97 Å². The number of carbonyl (C=O) groups is 2. The highest BCUT2D eigenvalue weighted by molar-refractivity contribution is 8.00. The molecule has 110 valence electrons. The van der Waals surface area contributed by atoms with Crippen LogP contribution in [0, 0.1) is 6.92 Å². The molecule has 0 fully saturated rings. The first kappa shape index (κ1) is 15.0. The van der Waals surface area contributed by atoms with Gasteiger partial charge in [-0.1, -0.05) is 0 Å². The van der Waals surface area contributed by atoms with Crippen LogP contribution in [0.15, 0.2) is 30.7 Å². The number of aromatic nitrogens is 3. The van der Waals surface area contributed by atoms with Crippen molar-refractivity contribution >= 4 is 29.3 Å². The fraction of sp³-hybridized carbons (Fsp3) is 0.231. The number of pyridine rings is 1. The van der Waals surface area contributed by atoms with Crippen molar-refractivity contribution in [3.63, 3.8) is 0 Å². The molecule has 2 aromatic heterocycles. The van der Waals surface area contributed by atoms with Crippen molar-refractivity contribution in [2.24, 2.45) is 0 Å². The normalized spacial score (nSPS) is 10.3. The van der Waals surface area contributed by atoms with E-state index in [-0.39, 0.29) is 17.4 Å². The molecule has 0 spiro atoms. The van der Waals surface area contributed by atoms with E-state index in [0.717, 1.165) is 17.6 Å². The van der Waals surface area contributed by atoms with Crippen molar-refractivity contribution in [3.05, 3.63) is 36.5 Å². The number of carboxylic acid groups (broad SMARTS) is 1. The second-order valence-corrected chi connectivity index (χ2v) is 5.14. The lowest BCUT2D eigenvalue weighted by Crippen LogP contribution is -2.17. The van der Waals surface area contributed by atoms with Crippen molar-refractivity contribution < 1.29 is 14.7 Å². The number of thioether (sulfide) groups is 1. The average molecular weight is 306 g/mol. The Hall–Kier alpha value is -2.35. The third-order valence-electron chi connectivity index (χ3n) is 2.57. The number of imidazole rings is 1. The first-order valence-electron chi connectivity index (χ1n) is 6.12. The molecule has 0 aliphatic rings. The third kappa shape index (κ3) is 4.06. The lowest BCUT2D eigenvalue weighted by molar-refractivity contribution is -0.133. The number of anilines is 1. The van der Waals surface area contributed by atoms with Crippen LogP contribution in [0.1, 0.15) is 5.82 Å². The van der Waals surface area contributed by atoms with Crippen molar-refractivity contribution in [2.75, 3.05) is 16.8 Å². The number of amides is 1. The number of hydrogen-bond donors (Lipinski definition) is 2. The Morgan fingerprint density at radius 2 is 2.14 bits per heavy atom. The van der Waals surface area contributed by atoms with E-state index in [1.165, 1.54) is 0 Å². The molecule has 21 heavy (non-hydrogen) atoms. The van der Waals surface area contributed by atoms with Crippen molar-refractivity contribution in [1.82, 2.24) is 14.5 Å². The van der Waals surface area contributed by atoms with Gasteiger partial charge in [0.1, 0.15) is 5.82 Å². The molecule has 0 atom stereocenters. The van der Waals surface area contributed by atoms with Crippen molar-refractivity contribution in [3.8, 4) is 5.82 Å². The number of aryl methyl sites for hydroxylation is 1. The quantitative estimate of drug-likeness (QED) is 0.835. The van der Waals surface area contributed by atoms with E-state index >= 15 is 0 Å². The molecule has 1 amide bonds. The second kappa shape index (κ2) is 6.89. The number of carboxylic acids is 1. The first-order chi connectivity index (χ1) is 10.1. The molecule has 0 saturated heterocycles. The molecule has 0 saturated carbocycles. The van der Waals surface area contributed by atoms with E-state index in [4.69, 9.17) is 5.11 Å². The number of carbonyl (C=O) groups excluding carboxylic acids is 1. The van der Waals surface area contributed by atoms with Gasteiger partial charge in [-0.3, -0.25) is 14.2 Å². The predicted molar refractivity (Wildman–Crippen MR) is 79.7 cm³/mol. The summed E-state index contributed by atoms with van der Waals surface area (Å²) in [5, 5.41) is 11.3. The molecule has 0 aromatic carbocycles. The van der Waals surface area contributed by atoms with Crippen LogP contribution in [0.5, 0.6) is 0 Å². The summed E-state index contributed by atoms with van der Waals surface area (Å²) in [5.41, 5.74) is 0.555. The lowest BCUT2D eigenvalue weighted by atomic mass is 10.3. The molecule has 2 N–H and O–H groups in total. The summed E-state index contributed by atoms with van der Waals surface area (Å²) in [7, 11) is 0. The summed E-state index contributed by atoms with van der Waals surface area (Å²) in [6, 6.07) is 3.46. The van der Waals surface area contributed by atoms with Gasteiger partial charge in [-0.05, 0) is 19.1 Å². The Morgan fingerprint density at radius 1 is 1.33 bits per heavy atom. The van der Waals surface area contributed by atoms with Crippen LogP contribution in [-0.2, 0) is 9.59 Å². The lowest BCUT2D eigenvalue weighted by Gasteiger charge is -2.11. The zero-order chi connectivity index (χ0) is 15.2. The minimum Gasteiger partial charge on any atom is -0.481 e. The SMILES string of the molecule is Cc1nccn1-c1ncccc1NC(=O)CSCC(=O)O. The van der Waals surface area contributed by atoms with Crippen molar-refractivity contribution in [2.45, 2.75) is 6.92 Å². The van der Waals surface area contributed by atoms with Gasteiger partial charge < -0.3 is 10.4 Å². The highest BCUT2D eigenvalue weighted by Crippen LogP contribution is 2.18. The number of nitrogens with zero attached hydrogens (tertiary/aromatic N) is 3. The molecule has 0 unspecified atom stereocenters. The van der Waals surface area contributed by atoms with Gasteiger partial charge in [0, 0.05) is 18.6 Å². The van der Waals surface area contributed by atoms with Crippen LogP contribution in [0.3, 0.4) is 0 Å². The summed E-state index contributed by atoms with van der Waals surface area (Å²) in [6.45, 7) is 1.84. The van der Waals surface area contributed by atoms with Crippen LogP contribution in [0.25, 0.3) is 5.82 Å². The van der Waals surface area contributed by atoms with Crippen LogP contribution >= 0.6 is 11.8 Å². The van der Waals surface area contributed by atoms with Gasteiger partial charge in [0.05, 0.1) is 17.2 Å². The number of hydrogen-bond acceptors (Lipinski definition) is 5. The largest absolute Gasteiger partial charge is 0.481 e. The van der Waals surface area contributed by atoms with Gasteiger partial charge in [0.15, 0.2) is 5.82 Å². The number of nitrogens with one attached hydrogen (secondary N) is 1. The van der Waals surface area contributed by atoms with Crippen LogP contribution in [-0.4, -0.2) is 43.0 Å². The summed E-state index contributed by atoms with van der Waals surface area (Å²) < 4.78 is 1.76. The number of rotatable bonds is 6. The standard InChI is InChI=1S/C13H14N4O3S/c1-9-14-5-6-17(9)13-10(3-2-4-15-13)16-11(18)7-21-8-12(19)20/h2-6H,7-8H2,1H3,(H,16,18)(H,19,20). The molecular formula is C13H14N4O3S. The fourth-order valence-electron chi connectivity index (χ4n) is 1.71. The van der Waals surface area contributed by atoms with E-state index in [9.17, 15) is 9.59 Å². The van der Waals surface area contributed by atoms with E-state index in [1.807, 2.05) is 6.92 Å². The van der Waals surface area contributed by atoms with Crippen LogP contribution in [0.2, 0.25) is 0 Å². The predicted octanol–water partition coefficient (Wildman–Crippen LogP) is 1.33. The van der Waals surface area contributed by atoms with Crippen LogP contribution in [0.4, 0.5) is 5.69 Å². The molecule has 8 heteroatoms. The Balaban J connectivity index is 2.09. The average Bonchev–Trinajstić information content (AvgIpc) is 2.85. The topological polar surface area (TPSA) is 97.1 Å². The summed E-state index contributed by atoms with van der Waals surface area (Å²) >= 11 is 1.04. The fourth-order valence-corrected chi connectivity index (χ4v) is 2.24. The number of aliphatic carboxylic acids is 1. The molecule has 0 aliphatic heterocycles. The molecular weight excluding hydrogens is 292 g/mol. The van der Waals surface area contributed by atoms with Gasteiger partial charge in [-0.15, -0.1) is 11.8 Å². The molecule has 2 rings (SSSR count). The van der Waals surface area contributed by atoms with Crippen LogP contribution < -0.4 is 5.32 Å². The Bertz CT molecular complexity index is 656. The molecule has 7 nitrogen and oxygen atoms in total. The van der Waals surface area contributed by atoms with Gasteiger partial charge in [0.25, 0.3) is 0 Å². The molecule has 0 radical (unpaired) electrons. The Morgan fingerprint density at radius 3 is 2.81 bits per heavy atom. The minimum absolute atomic E-state index is 0.0730. The monoisotopic (exact) mass is 306 g/mol. The van der Waals surface area contributed by atoms with Crippen molar-refractivity contribution in [1.29, 1.82) is 0 Å². The van der Waals surface area contributed by atoms with Gasteiger partial charge in [0.2, 0.25) is 5.91 Å². The molecule has 2 heterocycles. The van der Waals surface area contributed by atoms with E-state index < -0.39 is 5.97 Å². The Labute approximate surface area is 125 Å². The first-order valence-corrected chi connectivity index (χ1v) is 7.28. The van der Waals surface area contributed by atoms with E-state index in [0.29, 0.717) is 11.5 Å². The maximum Gasteiger partial charge on any atom is 0.313 e. The third-order valence-corrected chi connectivity index (χ3v) is 3.49. The highest BCUT2D eigenvalue weighted by atomic mass is 32.2. The minimum atomic E-state index is -0.941. The van der Waals surface area contributed by atoms with E-state index in [2.05, 4.69) is 15.3 Å². The maximum absolute atomic E-state index is 11.8. The maximum atomic E-state index is 11.8. The molecule has 0 bridgehead atoms. The van der Waals surface area contributed by atoms with E-state index in [1.54, 1.807) is 35.3 Å².